The van der Waals surface area contributed by atoms with Gasteiger partial charge in [-0.2, -0.15) is 5.10 Å². The molecular formula is C15H15ClN4OS. The maximum absolute atomic E-state index is 12.2. The van der Waals surface area contributed by atoms with Crippen LogP contribution in [-0.4, -0.2) is 20.7 Å². The van der Waals surface area contributed by atoms with Crippen LogP contribution in [0.15, 0.2) is 18.2 Å². The topological polar surface area (TPSA) is 59.8 Å². The Kier molecular flexibility index (Phi) is 3.88. The van der Waals surface area contributed by atoms with Crippen LogP contribution in [-0.2, 0) is 18.3 Å². The maximum Gasteiger partial charge on any atom is 0.230 e. The fraction of sp³-hybridized carbons (Fsp3) is 0.267. The second-order valence-corrected chi connectivity index (χ2v) is 6.60. The monoisotopic (exact) mass is 334 g/mol. The molecule has 3 rings (SSSR count). The quantitative estimate of drug-likeness (QED) is 0.797. The first-order valence-corrected chi connectivity index (χ1v) is 7.98. The van der Waals surface area contributed by atoms with E-state index in [1.165, 1.54) is 11.3 Å². The minimum Gasteiger partial charge on any atom is -0.302 e. The molecule has 0 aliphatic carbocycles. The molecule has 0 unspecified atom stereocenters. The Bertz CT molecular complexity index is 868. The molecule has 0 aliphatic rings. The third kappa shape index (κ3) is 2.84. The van der Waals surface area contributed by atoms with Crippen LogP contribution >= 0.6 is 22.9 Å². The molecule has 114 valence electrons. The number of halogens is 1. The SMILES string of the molecule is Cc1nn(C)c(C)c1CC(=O)Nc1nc2ccc(Cl)cc2s1. The fourth-order valence-corrected chi connectivity index (χ4v) is 3.51. The molecule has 7 heteroatoms. The van der Waals surface area contributed by atoms with Crippen LogP contribution in [0.25, 0.3) is 10.2 Å². The molecular weight excluding hydrogens is 320 g/mol. The first-order valence-electron chi connectivity index (χ1n) is 6.79. The van der Waals surface area contributed by atoms with Gasteiger partial charge in [-0.1, -0.05) is 22.9 Å². The van der Waals surface area contributed by atoms with Gasteiger partial charge in [0.25, 0.3) is 0 Å². The van der Waals surface area contributed by atoms with Crippen molar-refractivity contribution in [2.45, 2.75) is 20.3 Å². The Labute approximate surface area is 136 Å². The Balaban J connectivity index is 1.78. The molecule has 1 amide bonds. The summed E-state index contributed by atoms with van der Waals surface area (Å²) in [6, 6.07) is 5.48. The lowest BCUT2D eigenvalue weighted by atomic mass is 10.1. The summed E-state index contributed by atoms with van der Waals surface area (Å²) >= 11 is 7.38. The molecule has 0 radical (unpaired) electrons. The van der Waals surface area contributed by atoms with E-state index in [2.05, 4.69) is 15.4 Å². The van der Waals surface area contributed by atoms with Crippen molar-refractivity contribution in [1.29, 1.82) is 0 Å². The zero-order chi connectivity index (χ0) is 15.9. The van der Waals surface area contributed by atoms with E-state index in [4.69, 9.17) is 11.6 Å². The Morgan fingerprint density at radius 3 is 2.86 bits per heavy atom. The summed E-state index contributed by atoms with van der Waals surface area (Å²) in [6.07, 6.45) is 0.294. The number of anilines is 1. The summed E-state index contributed by atoms with van der Waals surface area (Å²) in [6.45, 7) is 3.87. The van der Waals surface area contributed by atoms with E-state index in [9.17, 15) is 4.79 Å². The van der Waals surface area contributed by atoms with Crippen molar-refractivity contribution < 1.29 is 4.79 Å². The highest BCUT2D eigenvalue weighted by Gasteiger charge is 2.15. The zero-order valence-electron chi connectivity index (χ0n) is 12.5. The van der Waals surface area contributed by atoms with Gasteiger partial charge in [0, 0.05) is 23.3 Å². The second-order valence-electron chi connectivity index (χ2n) is 5.13. The van der Waals surface area contributed by atoms with Gasteiger partial charge in [-0.05, 0) is 32.0 Å². The Hall–Kier alpha value is -1.92. The average molecular weight is 335 g/mol. The number of carbonyl (C=O) groups is 1. The van der Waals surface area contributed by atoms with Gasteiger partial charge in [0.15, 0.2) is 5.13 Å². The average Bonchev–Trinajstić information content (AvgIpc) is 2.94. The molecule has 0 saturated heterocycles. The van der Waals surface area contributed by atoms with E-state index in [1.807, 2.05) is 33.0 Å². The summed E-state index contributed by atoms with van der Waals surface area (Å²) in [7, 11) is 1.88. The van der Waals surface area contributed by atoms with Gasteiger partial charge >= 0.3 is 0 Å². The first kappa shape index (κ1) is 15.0. The van der Waals surface area contributed by atoms with Crippen LogP contribution in [0.2, 0.25) is 5.02 Å². The summed E-state index contributed by atoms with van der Waals surface area (Å²) in [4.78, 5) is 16.6. The minimum absolute atomic E-state index is 0.0932. The summed E-state index contributed by atoms with van der Waals surface area (Å²) < 4.78 is 2.74. The highest BCUT2D eigenvalue weighted by Crippen LogP contribution is 2.28. The highest BCUT2D eigenvalue weighted by molar-refractivity contribution is 7.22. The zero-order valence-corrected chi connectivity index (χ0v) is 14.0. The number of aryl methyl sites for hydroxylation is 2. The van der Waals surface area contributed by atoms with Crippen molar-refractivity contribution in [1.82, 2.24) is 14.8 Å². The van der Waals surface area contributed by atoms with Crippen LogP contribution < -0.4 is 5.32 Å². The second kappa shape index (κ2) is 5.70. The number of amides is 1. The van der Waals surface area contributed by atoms with Gasteiger partial charge in [0.1, 0.15) is 0 Å². The summed E-state index contributed by atoms with van der Waals surface area (Å²) in [5.74, 6) is -0.0932. The van der Waals surface area contributed by atoms with E-state index >= 15 is 0 Å². The Morgan fingerprint density at radius 2 is 2.18 bits per heavy atom. The molecule has 1 N–H and O–H groups in total. The molecule has 3 aromatic rings. The number of hydrogen-bond acceptors (Lipinski definition) is 4. The van der Waals surface area contributed by atoms with Gasteiger partial charge in [0.05, 0.1) is 22.3 Å². The van der Waals surface area contributed by atoms with Crippen LogP contribution in [0.3, 0.4) is 0 Å². The van der Waals surface area contributed by atoms with E-state index < -0.39 is 0 Å². The first-order chi connectivity index (χ1) is 10.4. The molecule has 0 saturated carbocycles. The van der Waals surface area contributed by atoms with Crippen LogP contribution in [0.5, 0.6) is 0 Å². The van der Waals surface area contributed by atoms with Crippen molar-refractivity contribution in [2.75, 3.05) is 5.32 Å². The smallest absolute Gasteiger partial charge is 0.230 e. The van der Waals surface area contributed by atoms with Crippen molar-refractivity contribution in [3.63, 3.8) is 0 Å². The van der Waals surface area contributed by atoms with Gasteiger partial charge in [0.2, 0.25) is 5.91 Å². The lowest BCUT2D eigenvalue weighted by molar-refractivity contribution is -0.115. The van der Waals surface area contributed by atoms with E-state index in [0.717, 1.165) is 27.2 Å². The number of rotatable bonds is 3. The van der Waals surface area contributed by atoms with Crippen molar-refractivity contribution in [3.8, 4) is 0 Å². The molecule has 1 aromatic carbocycles. The van der Waals surface area contributed by atoms with Crippen molar-refractivity contribution in [3.05, 3.63) is 40.2 Å². The van der Waals surface area contributed by atoms with E-state index in [-0.39, 0.29) is 5.91 Å². The number of thiazole rings is 1. The highest BCUT2D eigenvalue weighted by atomic mass is 35.5. The van der Waals surface area contributed by atoms with Gasteiger partial charge in [-0.3, -0.25) is 9.48 Å². The molecule has 0 fully saturated rings. The van der Waals surface area contributed by atoms with Crippen molar-refractivity contribution in [2.24, 2.45) is 7.05 Å². The van der Waals surface area contributed by atoms with Gasteiger partial charge < -0.3 is 5.32 Å². The van der Waals surface area contributed by atoms with Crippen LogP contribution in [0.1, 0.15) is 17.0 Å². The Morgan fingerprint density at radius 1 is 1.41 bits per heavy atom. The summed E-state index contributed by atoms with van der Waals surface area (Å²) in [5, 5.41) is 8.42. The largest absolute Gasteiger partial charge is 0.302 e. The molecule has 0 spiro atoms. The number of nitrogens with one attached hydrogen (secondary N) is 1. The number of aromatic nitrogens is 3. The predicted octanol–water partition coefficient (Wildman–Crippen LogP) is 3.48. The van der Waals surface area contributed by atoms with Crippen molar-refractivity contribution >= 4 is 44.2 Å². The molecule has 22 heavy (non-hydrogen) atoms. The van der Waals surface area contributed by atoms with Gasteiger partial charge in [-0.25, -0.2) is 4.98 Å². The van der Waals surface area contributed by atoms with Gasteiger partial charge in [-0.15, -0.1) is 0 Å². The minimum atomic E-state index is -0.0932. The van der Waals surface area contributed by atoms with E-state index in [0.29, 0.717) is 16.6 Å². The molecule has 0 bridgehead atoms. The number of carbonyl (C=O) groups excluding carboxylic acids is 1. The lowest BCUT2D eigenvalue weighted by Crippen LogP contribution is -2.15. The molecule has 5 nitrogen and oxygen atoms in total. The summed E-state index contributed by atoms with van der Waals surface area (Å²) in [5.41, 5.74) is 3.68. The third-order valence-electron chi connectivity index (χ3n) is 3.59. The van der Waals surface area contributed by atoms with Crippen LogP contribution in [0, 0.1) is 13.8 Å². The number of nitrogens with zero attached hydrogens (tertiary/aromatic N) is 3. The standard InChI is InChI=1S/C15H15ClN4OS/c1-8-11(9(2)20(3)19-8)7-14(21)18-15-17-12-5-4-10(16)6-13(12)22-15/h4-6H,7H2,1-3H3,(H,17,18,21). The number of hydrogen-bond donors (Lipinski definition) is 1. The lowest BCUT2D eigenvalue weighted by Gasteiger charge is -2.02. The number of benzene rings is 1. The number of fused-ring (bicyclic) bond motifs is 1. The maximum atomic E-state index is 12.2. The molecule has 0 aliphatic heterocycles. The third-order valence-corrected chi connectivity index (χ3v) is 4.76. The molecule has 2 aromatic heterocycles. The van der Waals surface area contributed by atoms with Crippen LogP contribution in [0.4, 0.5) is 5.13 Å². The normalized spacial score (nSPS) is 11.1. The fourth-order valence-electron chi connectivity index (χ4n) is 2.35. The molecule has 0 atom stereocenters. The predicted molar refractivity (Wildman–Crippen MR) is 89.6 cm³/mol. The van der Waals surface area contributed by atoms with E-state index in [1.54, 1.807) is 10.7 Å². The molecule has 2 heterocycles.